The molecule has 0 aliphatic rings. The molecule has 0 fully saturated rings. The number of carbonyl (C=O) groups is 1. The first kappa shape index (κ1) is 14.5. The molecule has 0 aromatic heterocycles. The molecule has 0 bridgehead atoms. The Morgan fingerprint density at radius 3 is 2.88 bits per heavy atom. The van der Waals surface area contributed by atoms with E-state index in [-0.39, 0.29) is 11.9 Å². The van der Waals surface area contributed by atoms with Gasteiger partial charge in [0, 0.05) is 16.8 Å². The van der Waals surface area contributed by atoms with Crippen LogP contribution in [0, 0.1) is 0 Å². The van der Waals surface area contributed by atoms with Crippen molar-refractivity contribution in [2.24, 2.45) is 0 Å². The third kappa shape index (κ3) is 5.55. The van der Waals surface area contributed by atoms with Crippen LogP contribution in [0.15, 0.2) is 28.7 Å². The maximum atomic E-state index is 11.6. The van der Waals surface area contributed by atoms with E-state index in [1.54, 1.807) is 0 Å². The zero-order valence-corrected chi connectivity index (χ0v) is 12.2. The van der Waals surface area contributed by atoms with Gasteiger partial charge in [0.1, 0.15) is 0 Å². The summed E-state index contributed by atoms with van der Waals surface area (Å²) in [5, 5.41) is 2.98. The second kappa shape index (κ2) is 7.72. The fourth-order valence-corrected chi connectivity index (χ4v) is 2.16. The van der Waals surface area contributed by atoms with E-state index in [9.17, 15) is 4.79 Å². The van der Waals surface area contributed by atoms with Crippen molar-refractivity contribution in [3.63, 3.8) is 0 Å². The molecule has 2 nitrogen and oxygen atoms in total. The van der Waals surface area contributed by atoms with E-state index < -0.39 is 0 Å². The normalized spacial score (nSPS) is 12.2. The molecule has 0 unspecified atom stereocenters. The monoisotopic (exact) mass is 317 g/mol. The Morgan fingerprint density at radius 1 is 1.47 bits per heavy atom. The van der Waals surface area contributed by atoms with Gasteiger partial charge in [-0.05, 0) is 37.5 Å². The predicted molar refractivity (Wildman–Crippen MR) is 75.3 cm³/mol. The van der Waals surface area contributed by atoms with E-state index >= 15 is 0 Å². The van der Waals surface area contributed by atoms with Gasteiger partial charge in [-0.15, -0.1) is 11.6 Å². The minimum absolute atomic E-state index is 0.0380. The molecule has 0 saturated carbocycles. The molecule has 94 valence electrons. The molecule has 0 heterocycles. The first-order chi connectivity index (χ1) is 8.13. The number of amides is 1. The topological polar surface area (TPSA) is 29.1 Å². The molecule has 0 aliphatic heterocycles. The van der Waals surface area contributed by atoms with Crippen molar-refractivity contribution in [2.45, 2.75) is 32.2 Å². The van der Waals surface area contributed by atoms with Crippen LogP contribution in [0.4, 0.5) is 0 Å². The highest BCUT2D eigenvalue weighted by Gasteiger charge is 2.09. The van der Waals surface area contributed by atoms with Gasteiger partial charge in [-0.3, -0.25) is 4.79 Å². The van der Waals surface area contributed by atoms with Gasteiger partial charge >= 0.3 is 0 Å². The standard InChI is InChI=1S/C13H17BrClNO/c1-10(11-5-4-6-12(14)9-11)16-13(17)7-2-3-8-15/h4-6,9-10H,2-3,7-8H2,1H3,(H,16,17)/t10-/m0/s1. The summed E-state index contributed by atoms with van der Waals surface area (Å²) in [4.78, 5) is 11.6. The highest BCUT2D eigenvalue weighted by atomic mass is 79.9. The highest BCUT2D eigenvalue weighted by Crippen LogP contribution is 2.17. The molecule has 0 spiro atoms. The molecule has 1 amide bonds. The van der Waals surface area contributed by atoms with Crippen LogP contribution in [0.25, 0.3) is 0 Å². The van der Waals surface area contributed by atoms with E-state index in [0.717, 1.165) is 22.9 Å². The van der Waals surface area contributed by atoms with Gasteiger partial charge in [-0.2, -0.15) is 0 Å². The molecule has 0 saturated heterocycles. The van der Waals surface area contributed by atoms with Crippen molar-refractivity contribution < 1.29 is 4.79 Å². The van der Waals surface area contributed by atoms with Gasteiger partial charge in [0.25, 0.3) is 0 Å². The number of carbonyl (C=O) groups excluding carboxylic acids is 1. The summed E-state index contributed by atoms with van der Waals surface area (Å²) in [6.45, 7) is 1.99. The van der Waals surface area contributed by atoms with Crippen LogP contribution in [0.5, 0.6) is 0 Å². The molecule has 1 aromatic carbocycles. The van der Waals surface area contributed by atoms with Crippen LogP contribution in [0.2, 0.25) is 0 Å². The average molecular weight is 319 g/mol. The lowest BCUT2D eigenvalue weighted by atomic mass is 10.1. The first-order valence-electron chi connectivity index (χ1n) is 5.74. The zero-order chi connectivity index (χ0) is 12.7. The van der Waals surface area contributed by atoms with Gasteiger partial charge in [-0.1, -0.05) is 28.1 Å². The number of benzene rings is 1. The van der Waals surface area contributed by atoms with Crippen molar-refractivity contribution in [1.29, 1.82) is 0 Å². The Kier molecular flexibility index (Phi) is 6.60. The summed E-state index contributed by atoms with van der Waals surface area (Å²) in [6, 6.07) is 8.00. The molecule has 1 aromatic rings. The van der Waals surface area contributed by atoms with E-state index in [4.69, 9.17) is 11.6 Å². The van der Waals surface area contributed by atoms with Gasteiger partial charge in [0.2, 0.25) is 5.91 Å². The zero-order valence-electron chi connectivity index (χ0n) is 9.88. The summed E-state index contributed by atoms with van der Waals surface area (Å²) in [6.07, 6.45) is 2.28. The van der Waals surface area contributed by atoms with E-state index in [1.165, 1.54) is 0 Å². The van der Waals surface area contributed by atoms with E-state index in [1.807, 2.05) is 31.2 Å². The quantitative estimate of drug-likeness (QED) is 0.622. The molecule has 4 heteroatoms. The van der Waals surface area contributed by atoms with Gasteiger partial charge < -0.3 is 5.32 Å². The molecular formula is C13H17BrClNO. The maximum absolute atomic E-state index is 11.6. The van der Waals surface area contributed by atoms with Crippen LogP contribution in [-0.4, -0.2) is 11.8 Å². The summed E-state index contributed by atoms with van der Waals surface area (Å²) in [5.41, 5.74) is 1.10. The molecule has 17 heavy (non-hydrogen) atoms. The second-order valence-corrected chi connectivity index (χ2v) is 5.28. The lowest BCUT2D eigenvalue weighted by molar-refractivity contribution is -0.121. The largest absolute Gasteiger partial charge is 0.350 e. The van der Waals surface area contributed by atoms with Crippen LogP contribution >= 0.6 is 27.5 Å². The number of hydrogen-bond donors (Lipinski definition) is 1. The van der Waals surface area contributed by atoms with Crippen molar-refractivity contribution in [2.75, 3.05) is 5.88 Å². The average Bonchev–Trinajstić information content (AvgIpc) is 2.29. The Bertz CT molecular complexity index is 370. The second-order valence-electron chi connectivity index (χ2n) is 3.99. The Hall–Kier alpha value is -0.540. The highest BCUT2D eigenvalue weighted by molar-refractivity contribution is 9.10. The van der Waals surface area contributed by atoms with Crippen molar-refractivity contribution in [3.05, 3.63) is 34.3 Å². The van der Waals surface area contributed by atoms with Crippen LogP contribution < -0.4 is 5.32 Å². The molecule has 1 atom stereocenters. The van der Waals surface area contributed by atoms with Crippen LogP contribution in [0.1, 0.15) is 37.8 Å². The number of hydrogen-bond acceptors (Lipinski definition) is 1. The summed E-state index contributed by atoms with van der Waals surface area (Å²) in [7, 11) is 0. The van der Waals surface area contributed by atoms with Gasteiger partial charge in [0.05, 0.1) is 6.04 Å². The van der Waals surface area contributed by atoms with Crippen molar-refractivity contribution >= 4 is 33.4 Å². The number of nitrogens with one attached hydrogen (secondary N) is 1. The molecule has 0 aliphatic carbocycles. The lowest BCUT2D eigenvalue weighted by Crippen LogP contribution is -2.26. The first-order valence-corrected chi connectivity index (χ1v) is 7.07. The van der Waals surface area contributed by atoms with Gasteiger partial charge in [-0.25, -0.2) is 0 Å². The molecule has 1 rings (SSSR count). The third-order valence-corrected chi connectivity index (χ3v) is 3.27. The fraction of sp³-hybridized carbons (Fsp3) is 0.462. The summed E-state index contributed by atoms with van der Waals surface area (Å²) >= 11 is 8.99. The fourth-order valence-electron chi connectivity index (χ4n) is 1.55. The minimum atomic E-state index is 0.0380. The van der Waals surface area contributed by atoms with Crippen molar-refractivity contribution in [1.82, 2.24) is 5.32 Å². The molecule has 1 N–H and O–H groups in total. The van der Waals surface area contributed by atoms with Crippen LogP contribution in [0.3, 0.4) is 0 Å². The minimum Gasteiger partial charge on any atom is -0.350 e. The van der Waals surface area contributed by atoms with Crippen LogP contribution in [-0.2, 0) is 4.79 Å². The molecular weight excluding hydrogens is 302 g/mol. The van der Waals surface area contributed by atoms with E-state index in [2.05, 4.69) is 21.2 Å². The summed E-state index contributed by atoms with van der Waals surface area (Å²) < 4.78 is 1.03. The Morgan fingerprint density at radius 2 is 2.24 bits per heavy atom. The van der Waals surface area contributed by atoms with E-state index in [0.29, 0.717) is 12.3 Å². The Balaban J connectivity index is 2.43. The lowest BCUT2D eigenvalue weighted by Gasteiger charge is -2.14. The maximum Gasteiger partial charge on any atom is 0.220 e. The number of rotatable bonds is 6. The van der Waals surface area contributed by atoms with Gasteiger partial charge in [0.15, 0.2) is 0 Å². The predicted octanol–water partition coefficient (Wildman–Crippen LogP) is 4.04. The Labute approximate surface area is 116 Å². The third-order valence-electron chi connectivity index (χ3n) is 2.51. The SMILES string of the molecule is C[C@H](NC(=O)CCCCCl)c1cccc(Br)c1. The number of alkyl halides is 1. The number of halogens is 2. The van der Waals surface area contributed by atoms with Crippen molar-refractivity contribution in [3.8, 4) is 0 Å². The summed E-state index contributed by atoms with van der Waals surface area (Å²) in [5.74, 6) is 0.705. The smallest absolute Gasteiger partial charge is 0.220 e. The number of unbranched alkanes of at least 4 members (excludes halogenated alkanes) is 1. The molecule has 0 radical (unpaired) electrons.